The van der Waals surface area contributed by atoms with Crippen LogP contribution in [0.15, 0.2) is 10.7 Å². The second kappa shape index (κ2) is 13.1. The lowest BCUT2D eigenvalue weighted by molar-refractivity contribution is 0.00997. The van der Waals surface area contributed by atoms with Crippen molar-refractivity contribution in [1.82, 2.24) is 14.8 Å². The Morgan fingerprint density at radius 2 is 1.57 bits per heavy atom. The first-order valence-corrected chi connectivity index (χ1v) is 13.0. The third-order valence-electron chi connectivity index (χ3n) is 5.75. The number of hydrogen-bond donors (Lipinski definition) is 1. The highest BCUT2D eigenvalue weighted by atomic mass is 16.6. The van der Waals surface area contributed by atoms with E-state index in [-0.39, 0.29) is 18.2 Å². The highest BCUT2D eigenvalue weighted by molar-refractivity contribution is 5.69. The number of ether oxygens (including phenoxy) is 2. The molecule has 1 aliphatic rings. The van der Waals surface area contributed by atoms with Crippen molar-refractivity contribution in [2.45, 2.75) is 117 Å². The molecule has 9 nitrogen and oxygen atoms in total. The predicted molar refractivity (Wildman–Crippen MR) is 135 cm³/mol. The highest BCUT2D eigenvalue weighted by Gasteiger charge is 2.30. The average molecular weight is 495 g/mol. The molecule has 2 amide bonds. The zero-order valence-corrected chi connectivity index (χ0v) is 22.6. The molecule has 1 aromatic rings. The van der Waals surface area contributed by atoms with Gasteiger partial charge in [0.15, 0.2) is 5.89 Å². The summed E-state index contributed by atoms with van der Waals surface area (Å²) in [6, 6.07) is 0.190. The van der Waals surface area contributed by atoms with E-state index in [4.69, 9.17) is 19.6 Å². The summed E-state index contributed by atoms with van der Waals surface area (Å²) in [7, 11) is 0. The standard InChI is InChI=1S/C26H46N4O5/c1-25(2,3)34-23(31)29(15-10-14-22-28-20(18-27)19-33-22)16-11-17-30(21-12-8-7-9-13-21)24(32)35-26(4,5)6/h19,21H,7-18,27H2,1-6H3. The SMILES string of the molecule is CC(C)(C)OC(=O)N(CCCc1nc(CN)co1)CCCN(C(=O)OC(C)(C)C)C1CCCCC1. The van der Waals surface area contributed by atoms with E-state index >= 15 is 0 Å². The van der Waals surface area contributed by atoms with Gasteiger partial charge in [-0.1, -0.05) is 19.3 Å². The van der Waals surface area contributed by atoms with E-state index in [1.54, 1.807) is 11.2 Å². The molecule has 0 spiro atoms. The van der Waals surface area contributed by atoms with Crippen LogP contribution in [0, 0.1) is 0 Å². The van der Waals surface area contributed by atoms with Crippen LogP contribution in [0.4, 0.5) is 9.59 Å². The van der Waals surface area contributed by atoms with Crippen molar-refractivity contribution >= 4 is 12.2 Å². The first-order valence-electron chi connectivity index (χ1n) is 13.0. The van der Waals surface area contributed by atoms with Crippen molar-refractivity contribution in [3.63, 3.8) is 0 Å². The summed E-state index contributed by atoms with van der Waals surface area (Å²) < 4.78 is 16.8. The zero-order valence-electron chi connectivity index (χ0n) is 22.6. The maximum atomic E-state index is 13.0. The Morgan fingerprint density at radius 3 is 2.14 bits per heavy atom. The molecule has 1 fully saturated rings. The number of carbonyl (C=O) groups excluding carboxylic acids is 2. The first kappa shape index (κ1) is 28.9. The fourth-order valence-corrected chi connectivity index (χ4v) is 4.17. The lowest BCUT2D eigenvalue weighted by Gasteiger charge is -2.36. The number of oxazole rings is 1. The third-order valence-corrected chi connectivity index (χ3v) is 5.75. The number of nitrogens with two attached hydrogens (primary N) is 1. The van der Waals surface area contributed by atoms with Gasteiger partial charge < -0.3 is 29.4 Å². The number of aromatic nitrogens is 1. The van der Waals surface area contributed by atoms with Gasteiger partial charge in [-0.3, -0.25) is 0 Å². The van der Waals surface area contributed by atoms with Crippen molar-refractivity contribution in [3.05, 3.63) is 17.8 Å². The fraction of sp³-hybridized carbons (Fsp3) is 0.808. The molecule has 0 radical (unpaired) electrons. The Balaban J connectivity index is 1.99. The summed E-state index contributed by atoms with van der Waals surface area (Å²) in [6.45, 7) is 13.1. The molecule has 0 unspecified atom stereocenters. The van der Waals surface area contributed by atoms with E-state index in [1.165, 1.54) is 6.42 Å². The largest absolute Gasteiger partial charge is 0.449 e. The normalized spacial score (nSPS) is 15.1. The maximum absolute atomic E-state index is 13.0. The number of carbonyl (C=O) groups is 2. The van der Waals surface area contributed by atoms with Crippen LogP contribution in [0.5, 0.6) is 0 Å². The molecule has 0 aromatic carbocycles. The fourth-order valence-electron chi connectivity index (χ4n) is 4.17. The molecule has 2 N–H and O–H groups in total. The summed E-state index contributed by atoms with van der Waals surface area (Å²) in [5.41, 5.74) is 5.18. The molecule has 0 atom stereocenters. The van der Waals surface area contributed by atoms with Crippen LogP contribution < -0.4 is 5.73 Å². The maximum Gasteiger partial charge on any atom is 0.410 e. The topological polar surface area (TPSA) is 111 Å². The Bertz CT molecular complexity index is 790. The minimum absolute atomic E-state index is 0.190. The number of aryl methyl sites for hydroxylation is 1. The minimum atomic E-state index is -0.585. The lowest BCUT2D eigenvalue weighted by Crippen LogP contribution is -2.46. The van der Waals surface area contributed by atoms with E-state index in [1.807, 2.05) is 46.4 Å². The molecule has 0 bridgehead atoms. The quantitative estimate of drug-likeness (QED) is 0.472. The Morgan fingerprint density at radius 1 is 0.971 bits per heavy atom. The van der Waals surface area contributed by atoms with Crippen molar-refractivity contribution in [3.8, 4) is 0 Å². The van der Waals surface area contributed by atoms with Crippen LogP contribution in [0.25, 0.3) is 0 Å². The van der Waals surface area contributed by atoms with Gasteiger partial charge in [0, 0.05) is 38.6 Å². The van der Waals surface area contributed by atoms with E-state index in [2.05, 4.69) is 4.98 Å². The molecular weight excluding hydrogens is 448 g/mol. The lowest BCUT2D eigenvalue weighted by atomic mass is 9.94. The van der Waals surface area contributed by atoms with Gasteiger partial charge in [0.05, 0.1) is 5.69 Å². The predicted octanol–water partition coefficient (Wildman–Crippen LogP) is 5.26. The van der Waals surface area contributed by atoms with E-state index in [0.717, 1.165) is 25.7 Å². The van der Waals surface area contributed by atoms with Crippen molar-refractivity contribution in [2.75, 3.05) is 19.6 Å². The molecular formula is C26H46N4O5. The summed E-state index contributed by atoms with van der Waals surface area (Å²) in [6.07, 6.45) is 8.33. The molecule has 1 heterocycles. The Hall–Kier alpha value is -2.29. The van der Waals surface area contributed by atoms with Crippen LogP contribution in [0.1, 0.15) is 98.1 Å². The molecule has 1 aromatic heterocycles. The molecule has 0 aliphatic heterocycles. The summed E-state index contributed by atoms with van der Waals surface area (Å²) in [4.78, 5) is 33.8. The van der Waals surface area contributed by atoms with Crippen molar-refractivity contribution in [2.24, 2.45) is 5.73 Å². The molecule has 1 saturated carbocycles. The van der Waals surface area contributed by atoms with Crippen LogP contribution in [0.3, 0.4) is 0 Å². The van der Waals surface area contributed by atoms with Crippen molar-refractivity contribution in [1.29, 1.82) is 0 Å². The van der Waals surface area contributed by atoms with Crippen LogP contribution >= 0.6 is 0 Å². The molecule has 200 valence electrons. The molecule has 9 heteroatoms. The second-order valence-electron chi connectivity index (χ2n) is 11.3. The monoisotopic (exact) mass is 494 g/mol. The second-order valence-corrected chi connectivity index (χ2v) is 11.3. The highest BCUT2D eigenvalue weighted by Crippen LogP contribution is 2.25. The third kappa shape index (κ3) is 10.9. The van der Waals surface area contributed by atoms with E-state index in [0.29, 0.717) is 57.0 Å². The number of nitrogens with zero attached hydrogens (tertiary/aromatic N) is 3. The molecule has 0 saturated heterocycles. The number of amides is 2. The summed E-state index contributed by atoms with van der Waals surface area (Å²) in [5.74, 6) is 0.614. The van der Waals surface area contributed by atoms with Gasteiger partial charge >= 0.3 is 12.2 Å². The summed E-state index contributed by atoms with van der Waals surface area (Å²) in [5, 5.41) is 0. The summed E-state index contributed by atoms with van der Waals surface area (Å²) >= 11 is 0. The van der Waals surface area contributed by atoms with Gasteiger partial charge in [0.2, 0.25) is 0 Å². The number of rotatable bonds is 10. The van der Waals surface area contributed by atoms with Gasteiger partial charge in [-0.2, -0.15) is 0 Å². The van der Waals surface area contributed by atoms with Gasteiger partial charge in [0.25, 0.3) is 0 Å². The minimum Gasteiger partial charge on any atom is -0.449 e. The molecule has 1 aliphatic carbocycles. The molecule has 2 rings (SSSR count). The smallest absolute Gasteiger partial charge is 0.410 e. The van der Waals surface area contributed by atoms with Crippen LogP contribution in [0.2, 0.25) is 0 Å². The van der Waals surface area contributed by atoms with Crippen LogP contribution in [-0.4, -0.2) is 63.8 Å². The van der Waals surface area contributed by atoms with Gasteiger partial charge in [-0.25, -0.2) is 14.6 Å². The first-order chi connectivity index (χ1) is 16.4. The number of hydrogen-bond acceptors (Lipinski definition) is 7. The van der Waals surface area contributed by atoms with Crippen molar-refractivity contribution < 1.29 is 23.5 Å². The Labute approximate surface area is 210 Å². The van der Waals surface area contributed by atoms with Gasteiger partial charge in [-0.15, -0.1) is 0 Å². The average Bonchev–Trinajstić information content (AvgIpc) is 3.21. The van der Waals surface area contributed by atoms with E-state index in [9.17, 15) is 9.59 Å². The van der Waals surface area contributed by atoms with Gasteiger partial charge in [-0.05, 0) is 67.2 Å². The zero-order chi connectivity index (χ0) is 26.1. The van der Waals surface area contributed by atoms with Gasteiger partial charge in [0.1, 0.15) is 17.5 Å². The molecule has 35 heavy (non-hydrogen) atoms. The Kier molecular flexibility index (Phi) is 10.9. The van der Waals surface area contributed by atoms with E-state index < -0.39 is 11.2 Å². The van der Waals surface area contributed by atoms with Crippen LogP contribution in [-0.2, 0) is 22.4 Å².